The van der Waals surface area contributed by atoms with Gasteiger partial charge in [0.2, 0.25) is 12.7 Å². The van der Waals surface area contributed by atoms with E-state index in [4.69, 9.17) is 13.9 Å². The third-order valence-corrected chi connectivity index (χ3v) is 4.80. The number of nitrogens with one attached hydrogen (secondary N) is 1. The molecule has 0 radical (unpaired) electrons. The lowest BCUT2D eigenvalue weighted by atomic mass is 10.0. The van der Waals surface area contributed by atoms with Crippen LogP contribution in [-0.4, -0.2) is 17.8 Å². The van der Waals surface area contributed by atoms with E-state index in [-0.39, 0.29) is 31.3 Å². The minimum Gasteiger partial charge on any atom is -0.508 e. The van der Waals surface area contributed by atoms with Gasteiger partial charge in [-0.2, -0.15) is 0 Å². The van der Waals surface area contributed by atoms with Crippen LogP contribution < -0.4 is 20.4 Å². The molecule has 1 aliphatic rings. The highest BCUT2D eigenvalue weighted by Gasteiger charge is 2.15. The van der Waals surface area contributed by atoms with Gasteiger partial charge in [0, 0.05) is 30.0 Å². The minimum atomic E-state index is -0.487. The van der Waals surface area contributed by atoms with Gasteiger partial charge in [-0.1, -0.05) is 6.07 Å². The maximum Gasteiger partial charge on any atom is 0.339 e. The van der Waals surface area contributed by atoms with E-state index in [1.165, 1.54) is 12.1 Å². The van der Waals surface area contributed by atoms with E-state index in [9.17, 15) is 14.7 Å². The van der Waals surface area contributed by atoms with Crippen LogP contribution in [0.1, 0.15) is 23.1 Å². The monoisotopic (exact) mass is 381 g/mol. The summed E-state index contributed by atoms with van der Waals surface area (Å²) in [6.45, 7) is 2.38. The Bertz CT molecular complexity index is 1120. The summed E-state index contributed by atoms with van der Waals surface area (Å²) in [6, 6.07) is 10.2. The van der Waals surface area contributed by atoms with Gasteiger partial charge in [0.05, 0.1) is 0 Å². The molecule has 0 bridgehead atoms. The summed E-state index contributed by atoms with van der Waals surface area (Å²) in [5.74, 6) is 1.23. The average Bonchev–Trinajstić information content (AvgIpc) is 3.13. The SMILES string of the molecule is Cc1c(CCC(=O)NCc2ccc3c(c2)OCO3)c(=O)oc2cc(O)ccc12. The van der Waals surface area contributed by atoms with E-state index in [1.54, 1.807) is 6.07 Å². The first-order valence-corrected chi connectivity index (χ1v) is 8.92. The molecule has 3 aromatic rings. The molecule has 0 aliphatic carbocycles. The van der Waals surface area contributed by atoms with Crippen LogP contribution in [0.3, 0.4) is 0 Å². The molecule has 7 nitrogen and oxygen atoms in total. The van der Waals surface area contributed by atoms with Crippen LogP contribution in [0.4, 0.5) is 0 Å². The maximum atomic E-state index is 12.3. The molecular formula is C21H19NO6. The Balaban J connectivity index is 1.41. The molecule has 0 unspecified atom stereocenters. The van der Waals surface area contributed by atoms with Gasteiger partial charge in [0.15, 0.2) is 11.5 Å². The second-order valence-corrected chi connectivity index (χ2v) is 6.64. The van der Waals surface area contributed by atoms with Crippen LogP contribution >= 0.6 is 0 Å². The van der Waals surface area contributed by atoms with E-state index in [1.807, 2.05) is 25.1 Å². The van der Waals surface area contributed by atoms with Crippen molar-refractivity contribution >= 4 is 16.9 Å². The molecule has 2 heterocycles. The largest absolute Gasteiger partial charge is 0.508 e. The molecule has 2 N–H and O–H groups in total. The predicted molar refractivity (Wildman–Crippen MR) is 102 cm³/mol. The van der Waals surface area contributed by atoms with E-state index in [2.05, 4.69) is 5.32 Å². The fourth-order valence-electron chi connectivity index (χ4n) is 3.25. The predicted octanol–water partition coefficient (Wildman–Crippen LogP) is 2.78. The van der Waals surface area contributed by atoms with Gasteiger partial charge in [-0.3, -0.25) is 4.79 Å². The van der Waals surface area contributed by atoms with Crippen molar-refractivity contribution in [3.8, 4) is 17.2 Å². The topological polar surface area (TPSA) is 98.0 Å². The van der Waals surface area contributed by atoms with Crippen LogP contribution in [0.2, 0.25) is 0 Å². The number of carbonyl (C=O) groups is 1. The van der Waals surface area contributed by atoms with Gasteiger partial charge < -0.3 is 24.3 Å². The van der Waals surface area contributed by atoms with Crippen molar-refractivity contribution in [1.29, 1.82) is 0 Å². The normalized spacial score (nSPS) is 12.3. The zero-order valence-electron chi connectivity index (χ0n) is 15.3. The summed E-state index contributed by atoms with van der Waals surface area (Å²) in [5, 5.41) is 13.1. The molecule has 1 amide bonds. The quantitative estimate of drug-likeness (QED) is 0.660. The lowest BCUT2D eigenvalue weighted by molar-refractivity contribution is -0.121. The standard InChI is InChI=1S/C21H19NO6/c1-12-15-4-3-14(23)9-18(15)28-21(25)16(12)5-7-20(24)22-10-13-2-6-17-19(8-13)27-11-26-17/h2-4,6,8-9,23H,5,7,10-11H2,1H3,(H,22,24). The average molecular weight is 381 g/mol. The number of fused-ring (bicyclic) bond motifs is 2. The second kappa shape index (κ2) is 7.26. The van der Waals surface area contributed by atoms with E-state index in [0.717, 1.165) is 16.5 Å². The Hall–Kier alpha value is -3.48. The third kappa shape index (κ3) is 3.51. The van der Waals surface area contributed by atoms with Crippen LogP contribution in [0.5, 0.6) is 17.2 Å². The summed E-state index contributed by atoms with van der Waals surface area (Å²) < 4.78 is 15.9. The lowest BCUT2D eigenvalue weighted by Crippen LogP contribution is -2.24. The maximum absolute atomic E-state index is 12.3. The zero-order chi connectivity index (χ0) is 19.7. The Kier molecular flexibility index (Phi) is 4.65. The molecule has 0 saturated carbocycles. The Morgan fingerprint density at radius 3 is 2.82 bits per heavy atom. The van der Waals surface area contributed by atoms with Crippen LogP contribution in [-0.2, 0) is 17.8 Å². The van der Waals surface area contributed by atoms with Crippen molar-refractivity contribution in [3.05, 3.63) is 63.5 Å². The summed E-state index contributed by atoms with van der Waals surface area (Å²) in [6.07, 6.45) is 0.442. The van der Waals surface area contributed by atoms with E-state index in [0.29, 0.717) is 29.2 Å². The van der Waals surface area contributed by atoms with Crippen LogP contribution in [0.25, 0.3) is 11.0 Å². The van der Waals surface area contributed by atoms with Crippen molar-refractivity contribution in [2.45, 2.75) is 26.3 Å². The number of hydrogen-bond acceptors (Lipinski definition) is 6. The molecule has 144 valence electrons. The molecule has 0 atom stereocenters. The number of aromatic hydroxyl groups is 1. The van der Waals surface area contributed by atoms with Gasteiger partial charge in [0.25, 0.3) is 0 Å². The molecule has 1 aromatic heterocycles. The second-order valence-electron chi connectivity index (χ2n) is 6.64. The molecule has 0 spiro atoms. The van der Waals surface area contributed by atoms with Gasteiger partial charge >= 0.3 is 5.63 Å². The fraction of sp³-hybridized carbons (Fsp3) is 0.238. The summed E-state index contributed by atoms with van der Waals surface area (Å²) >= 11 is 0. The number of phenolic OH excluding ortho intramolecular Hbond substituents is 1. The Morgan fingerprint density at radius 1 is 1.14 bits per heavy atom. The number of benzene rings is 2. The number of ether oxygens (including phenoxy) is 2. The first-order valence-electron chi connectivity index (χ1n) is 8.92. The number of hydrogen-bond donors (Lipinski definition) is 2. The molecule has 28 heavy (non-hydrogen) atoms. The highest BCUT2D eigenvalue weighted by molar-refractivity contribution is 5.82. The number of carbonyl (C=O) groups excluding carboxylic acids is 1. The van der Waals surface area contributed by atoms with E-state index < -0.39 is 5.63 Å². The zero-order valence-corrected chi connectivity index (χ0v) is 15.3. The van der Waals surface area contributed by atoms with Crippen LogP contribution in [0.15, 0.2) is 45.6 Å². The number of aryl methyl sites for hydroxylation is 1. The molecule has 4 rings (SSSR count). The fourth-order valence-corrected chi connectivity index (χ4v) is 3.25. The Labute approximate surface area is 160 Å². The smallest absolute Gasteiger partial charge is 0.339 e. The number of phenols is 1. The molecule has 1 aliphatic heterocycles. The first kappa shape index (κ1) is 17.9. The molecule has 2 aromatic carbocycles. The number of amides is 1. The van der Waals surface area contributed by atoms with Crippen molar-refractivity contribution < 1.29 is 23.8 Å². The molecule has 0 fully saturated rings. The highest BCUT2D eigenvalue weighted by atomic mass is 16.7. The van der Waals surface area contributed by atoms with Crippen LogP contribution in [0, 0.1) is 6.92 Å². The van der Waals surface area contributed by atoms with Gasteiger partial charge in [-0.05, 0) is 48.7 Å². The van der Waals surface area contributed by atoms with Gasteiger partial charge in [0.1, 0.15) is 11.3 Å². The summed E-state index contributed by atoms with van der Waals surface area (Å²) in [7, 11) is 0. The summed E-state index contributed by atoms with van der Waals surface area (Å²) in [4.78, 5) is 24.5. The van der Waals surface area contributed by atoms with Crippen molar-refractivity contribution in [2.75, 3.05) is 6.79 Å². The van der Waals surface area contributed by atoms with E-state index >= 15 is 0 Å². The first-order chi connectivity index (χ1) is 13.5. The Morgan fingerprint density at radius 2 is 1.96 bits per heavy atom. The molecule has 7 heteroatoms. The highest BCUT2D eigenvalue weighted by Crippen LogP contribution is 2.32. The lowest BCUT2D eigenvalue weighted by Gasteiger charge is -2.09. The minimum absolute atomic E-state index is 0.0331. The van der Waals surface area contributed by atoms with Crippen molar-refractivity contribution in [2.24, 2.45) is 0 Å². The van der Waals surface area contributed by atoms with Crippen molar-refractivity contribution in [1.82, 2.24) is 5.32 Å². The summed E-state index contributed by atoms with van der Waals surface area (Å²) in [5.41, 5.74) is 1.97. The third-order valence-electron chi connectivity index (χ3n) is 4.80. The van der Waals surface area contributed by atoms with Gasteiger partial charge in [-0.15, -0.1) is 0 Å². The van der Waals surface area contributed by atoms with Crippen molar-refractivity contribution in [3.63, 3.8) is 0 Å². The molecule has 0 saturated heterocycles. The number of rotatable bonds is 5. The molecular weight excluding hydrogens is 362 g/mol. The van der Waals surface area contributed by atoms with Gasteiger partial charge in [-0.25, -0.2) is 4.79 Å².